The first-order valence-electron chi connectivity index (χ1n) is 9.86. The summed E-state index contributed by atoms with van der Waals surface area (Å²) in [5, 5.41) is 0. The number of rotatable bonds is 5. The lowest BCUT2D eigenvalue weighted by atomic mass is 10.2. The molecule has 29 heavy (non-hydrogen) atoms. The molecule has 1 fully saturated rings. The number of anilines is 3. The van der Waals surface area contributed by atoms with Crippen LogP contribution in [0.5, 0.6) is 0 Å². The molecule has 148 valence electrons. The molecule has 0 aliphatic carbocycles. The van der Waals surface area contributed by atoms with Gasteiger partial charge in [0.15, 0.2) is 0 Å². The predicted molar refractivity (Wildman–Crippen MR) is 114 cm³/mol. The molecule has 0 bridgehead atoms. The van der Waals surface area contributed by atoms with Crippen LogP contribution in [0.15, 0.2) is 67.1 Å². The molecule has 1 aliphatic heterocycles. The normalized spacial score (nSPS) is 14.0. The van der Waals surface area contributed by atoms with Gasteiger partial charge in [-0.2, -0.15) is 0 Å². The summed E-state index contributed by atoms with van der Waals surface area (Å²) < 4.78 is 0. The smallest absolute Gasteiger partial charge is 0.272 e. The Balaban J connectivity index is 1.46. The number of hydrogen-bond acceptors (Lipinski definition) is 6. The number of pyridine rings is 1. The molecule has 1 aromatic carbocycles. The first-order chi connectivity index (χ1) is 14.3. The zero-order valence-corrected chi connectivity index (χ0v) is 16.5. The van der Waals surface area contributed by atoms with E-state index in [1.54, 1.807) is 24.7 Å². The van der Waals surface area contributed by atoms with Gasteiger partial charge in [0, 0.05) is 62.7 Å². The Kier molecular flexibility index (Phi) is 5.65. The fourth-order valence-electron chi connectivity index (χ4n) is 3.55. The van der Waals surface area contributed by atoms with Gasteiger partial charge in [-0.25, -0.2) is 9.97 Å². The van der Waals surface area contributed by atoms with Gasteiger partial charge >= 0.3 is 0 Å². The third-order valence-electron chi connectivity index (χ3n) is 5.06. The number of carbonyl (C=O) groups is 1. The highest BCUT2D eigenvalue weighted by atomic mass is 16.2. The van der Waals surface area contributed by atoms with Crippen molar-refractivity contribution in [2.75, 3.05) is 42.5 Å². The molecule has 2 aromatic heterocycles. The van der Waals surface area contributed by atoms with E-state index < -0.39 is 0 Å². The molecule has 0 radical (unpaired) electrons. The van der Waals surface area contributed by atoms with Gasteiger partial charge in [-0.1, -0.05) is 18.2 Å². The molecule has 7 heteroatoms. The summed E-state index contributed by atoms with van der Waals surface area (Å²) in [5.74, 6) is 0.672. The van der Waals surface area contributed by atoms with E-state index in [9.17, 15) is 4.79 Å². The summed E-state index contributed by atoms with van der Waals surface area (Å²) in [6.45, 7) is 5.57. The van der Waals surface area contributed by atoms with Crippen molar-refractivity contribution < 1.29 is 4.79 Å². The van der Waals surface area contributed by atoms with Crippen molar-refractivity contribution in [1.82, 2.24) is 19.9 Å². The summed E-state index contributed by atoms with van der Waals surface area (Å²) >= 11 is 0. The number of piperazine rings is 1. The van der Waals surface area contributed by atoms with Crippen molar-refractivity contribution in [3.8, 4) is 0 Å². The molecule has 3 aromatic rings. The first kappa shape index (κ1) is 18.9. The van der Waals surface area contributed by atoms with Crippen LogP contribution in [0.4, 0.5) is 17.3 Å². The second-order valence-electron chi connectivity index (χ2n) is 6.81. The van der Waals surface area contributed by atoms with E-state index in [1.807, 2.05) is 35.2 Å². The van der Waals surface area contributed by atoms with Gasteiger partial charge in [0.05, 0.1) is 0 Å². The van der Waals surface area contributed by atoms with Crippen molar-refractivity contribution in [3.63, 3.8) is 0 Å². The Hall–Kier alpha value is -3.48. The van der Waals surface area contributed by atoms with Crippen LogP contribution >= 0.6 is 0 Å². The molecule has 0 spiro atoms. The molecule has 0 atom stereocenters. The highest BCUT2D eigenvalue weighted by Crippen LogP contribution is 2.25. The second kappa shape index (κ2) is 8.68. The molecule has 7 nitrogen and oxygen atoms in total. The SMILES string of the molecule is CCN(c1ccccc1)c1ccnc(C(=O)N2CCN(c3ncccn3)CC2)c1. The monoisotopic (exact) mass is 388 g/mol. The third kappa shape index (κ3) is 4.18. The molecule has 1 saturated heterocycles. The number of hydrogen-bond donors (Lipinski definition) is 0. The van der Waals surface area contributed by atoms with Gasteiger partial charge in [-0.05, 0) is 37.3 Å². The number of amides is 1. The van der Waals surface area contributed by atoms with E-state index in [-0.39, 0.29) is 5.91 Å². The quantitative estimate of drug-likeness (QED) is 0.670. The van der Waals surface area contributed by atoms with Crippen LogP contribution in [-0.2, 0) is 0 Å². The van der Waals surface area contributed by atoms with E-state index >= 15 is 0 Å². The Morgan fingerprint density at radius 2 is 1.62 bits per heavy atom. The summed E-state index contributed by atoms with van der Waals surface area (Å²) in [7, 11) is 0. The van der Waals surface area contributed by atoms with Crippen LogP contribution in [0.2, 0.25) is 0 Å². The second-order valence-corrected chi connectivity index (χ2v) is 6.81. The Morgan fingerprint density at radius 3 is 2.31 bits per heavy atom. The van der Waals surface area contributed by atoms with Crippen molar-refractivity contribution in [2.24, 2.45) is 0 Å². The average molecular weight is 388 g/mol. The van der Waals surface area contributed by atoms with Crippen LogP contribution < -0.4 is 9.80 Å². The molecule has 0 saturated carbocycles. The number of benzene rings is 1. The van der Waals surface area contributed by atoms with Gasteiger partial charge in [-0.3, -0.25) is 9.78 Å². The van der Waals surface area contributed by atoms with Gasteiger partial charge in [0.25, 0.3) is 5.91 Å². The van der Waals surface area contributed by atoms with Gasteiger partial charge in [0.2, 0.25) is 5.95 Å². The maximum Gasteiger partial charge on any atom is 0.272 e. The molecular weight excluding hydrogens is 364 g/mol. The minimum absolute atomic E-state index is 0.0374. The van der Waals surface area contributed by atoms with Crippen LogP contribution in [0, 0.1) is 0 Å². The molecule has 0 unspecified atom stereocenters. The van der Waals surface area contributed by atoms with E-state index in [0.717, 1.165) is 17.9 Å². The fourth-order valence-corrected chi connectivity index (χ4v) is 3.55. The Morgan fingerprint density at radius 1 is 0.897 bits per heavy atom. The third-order valence-corrected chi connectivity index (χ3v) is 5.06. The van der Waals surface area contributed by atoms with Crippen molar-refractivity contribution in [2.45, 2.75) is 6.92 Å². The van der Waals surface area contributed by atoms with Crippen LogP contribution in [-0.4, -0.2) is 58.5 Å². The van der Waals surface area contributed by atoms with E-state index in [2.05, 4.69) is 43.8 Å². The average Bonchev–Trinajstić information content (AvgIpc) is 2.81. The molecule has 0 N–H and O–H groups in total. The summed E-state index contributed by atoms with van der Waals surface area (Å²) in [5.41, 5.74) is 2.53. The maximum absolute atomic E-state index is 13.0. The molecule has 1 aliphatic rings. The minimum Gasteiger partial charge on any atom is -0.342 e. The number of carbonyl (C=O) groups excluding carboxylic acids is 1. The van der Waals surface area contributed by atoms with Crippen molar-refractivity contribution >= 4 is 23.2 Å². The lowest BCUT2D eigenvalue weighted by Crippen LogP contribution is -2.49. The molecule has 1 amide bonds. The van der Waals surface area contributed by atoms with E-state index in [1.165, 1.54) is 0 Å². The predicted octanol–water partition coefficient (Wildman–Crippen LogP) is 2.99. The number of aromatic nitrogens is 3. The summed E-state index contributed by atoms with van der Waals surface area (Å²) in [4.78, 5) is 32.1. The topological polar surface area (TPSA) is 65.5 Å². The lowest BCUT2D eigenvalue weighted by molar-refractivity contribution is 0.0740. The number of para-hydroxylation sites is 1. The minimum atomic E-state index is -0.0374. The van der Waals surface area contributed by atoms with Crippen molar-refractivity contribution in [3.05, 3.63) is 72.8 Å². The van der Waals surface area contributed by atoms with Crippen molar-refractivity contribution in [1.29, 1.82) is 0 Å². The standard InChI is InChI=1S/C22H24N6O/c1-2-28(18-7-4-3-5-8-18)19-9-12-23-20(17-19)21(29)26-13-15-27(16-14-26)22-24-10-6-11-25-22/h3-12,17H,2,13-16H2,1H3. The van der Waals surface area contributed by atoms with Gasteiger partial charge in [0.1, 0.15) is 5.69 Å². The Labute approximate surface area is 170 Å². The van der Waals surface area contributed by atoms with E-state index in [0.29, 0.717) is 37.8 Å². The Bertz CT molecular complexity index is 942. The molecule has 3 heterocycles. The summed E-state index contributed by atoms with van der Waals surface area (Å²) in [6, 6.07) is 15.8. The van der Waals surface area contributed by atoms with Crippen LogP contribution in [0.3, 0.4) is 0 Å². The zero-order chi connectivity index (χ0) is 20.1. The fraction of sp³-hybridized carbons (Fsp3) is 0.273. The van der Waals surface area contributed by atoms with E-state index in [4.69, 9.17) is 0 Å². The zero-order valence-electron chi connectivity index (χ0n) is 16.5. The maximum atomic E-state index is 13.0. The first-order valence-corrected chi connectivity index (χ1v) is 9.86. The molecular formula is C22H24N6O. The summed E-state index contributed by atoms with van der Waals surface area (Å²) in [6.07, 6.45) is 5.19. The molecule has 4 rings (SSSR count). The van der Waals surface area contributed by atoms with Gasteiger partial charge in [-0.15, -0.1) is 0 Å². The van der Waals surface area contributed by atoms with Gasteiger partial charge < -0.3 is 14.7 Å². The largest absolute Gasteiger partial charge is 0.342 e. The lowest BCUT2D eigenvalue weighted by Gasteiger charge is -2.34. The highest BCUT2D eigenvalue weighted by Gasteiger charge is 2.24. The van der Waals surface area contributed by atoms with Crippen LogP contribution in [0.25, 0.3) is 0 Å². The number of nitrogens with zero attached hydrogens (tertiary/aromatic N) is 6. The highest BCUT2D eigenvalue weighted by molar-refractivity contribution is 5.93. The van der Waals surface area contributed by atoms with Crippen LogP contribution in [0.1, 0.15) is 17.4 Å².